The normalized spacial score (nSPS) is 14.6. The molecule has 7 heteroatoms. The maximum absolute atomic E-state index is 12.6. The third-order valence-corrected chi connectivity index (χ3v) is 5.12. The zero-order valence-corrected chi connectivity index (χ0v) is 13.3. The van der Waals surface area contributed by atoms with Crippen molar-refractivity contribution in [3.63, 3.8) is 0 Å². The van der Waals surface area contributed by atoms with Gasteiger partial charge in [0.1, 0.15) is 5.75 Å². The van der Waals surface area contributed by atoms with E-state index in [9.17, 15) is 13.2 Å². The molecule has 1 aromatic carbocycles. The molecule has 0 aromatic heterocycles. The first-order valence-electron chi connectivity index (χ1n) is 7.02. The molecule has 1 aromatic rings. The van der Waals surface area contributed by atoms with Crippen molar-refractivity contribution in [1.29, 1.82) is 0 Å². The van der Waals surface area contributed by atoms with Crippen LogP contribution >= 0.6 is 0 Å². The van der Waals surface area contributed by atoms with Crippen molar-refractivity contribution in [2.75, 3.05) is 20.2 Å². The van der Waals surface area contributed by atoms with E-state index in [1.54, 1.807) is 12.1 Å². The van der Waals surface area contributed by atoms with Gasteiger partial charge in [-0.2, -0.15) is 4.31 Å². The number of methoxy groups -OCH3 is 1. The highest BCUT2D eigenvalue weighted by Gasteiger charge is 2.28. The van der Waals surface area contributed by atoms with Crippen molar-refractivity contribution < 1.29 is 17.9 Å². The van der Waals surface area contributed by atoms with E-state index in [1.807, 2.05) is 0 Å². The Hall–Kier alpha value is -1.86. The highest BCUT2D eigenvalue weighted by molar-refractivity contribution is 7.89. The smallest absolute Gasteiger partial charge is 0.243 e. The summed E-state index contributed by atoms with van der Waals surface area (Å²) >= 11 is 0. The summed E-state index contributed by atoms with van der Waals surface area (Å²) in [4.78, 5) is 12.0. The van der Waals surface area contributed by atoms with Crippen molar-refractivity contribution >= 4 is 15.9 Å². The number of amides is 1. The summed E-state index contributed by atoms with van der Waals surface area (Å²) in [5.41, 5.74) is 0. The van der Waals surface area contributed by atoms with E-state index in [2.05, 4.69) is 11.9 Å². The first kappa shape index (κ1) is 16.5. The summed E-state index contributed by atoms with van der Waals surface area (Å²) in [6.45, 7) is 3.42. The van der Waals surface area contributed by atoms with Gasteiger partial charge in [0, 0.05) is 12.6 Å². The second-order valence-corrected chi connectivity index (χ2v) is 7.04. The molecule has 1 aliphatic carbocycles. The van der Waals surface area contributed by atoms with Crippen LogP contribution in [-0.2, 0) is 14.8 Å². The van der Waals surface area contributed by atoms with Crippen molar-refractivity contribution in [1.82, 2.24) is 9.62 Å². The van der Waals surface area contributed by atoms with E-state index < -0.39 is 10.0 Å². The fourth-order valence-corrected chi connectivity index (χ4v) is 3.32. The first-order valence-corrected chi connectivity index (χ1v) is 8.46. The Morgan fingerprint density at radius 2 is 2.05 bits per heavy atom. The van der Waals surface area contributed by atoms with Crippen LogP contribution in [0.2, 0.25) is 0 Å². The average molecular weight is 324 g/mol. The van der Waals surface area contributed by atoms with Gasteiger partial charge in [-0.25, -0.2) is 8.42 Å². The zero-order chi connectivity index (χ0) is 16.2. The van der Waals surface area contributed by atoms with E-state index in [-0.39, 0.29) is 29.9 Å². The number of hydrogen-bond acceptors (Lipinski definition) is 4. The summed E-state index contributed by atoms with van der Waals surface area (Å²) in [5.74, 6) is 0.280. The van der Waals surface area contributed by atoms with Gasteiger partial charge >= 0.3 is 0 Å². The standard InChI is InChI=1S/C15H20N2O4S/c1-3-10-17(11-15(18)16-12-4-5-12)22(19,20)14-8-6-13(21-2)7-9-14/h3,6-9,12H,1,4-5,10-11H2,2H3,(H,16,18). The highest BCUT2D eigenvalue weighted by atomic mass is 32.2. The molecule has 22 heavy (non-hydrogen) atoms. The molecule has 1 fully saturated rings. The molecule has 1 N–H and O–H groups in total. The Labute approximate surface area is 130 Å². The number of hydrogen-bond donors (Lipinski definition) is 1. The minimum Gasteiger partial charge on any atom is -0.497 e. The van der Waals surface area contributed by atoms with E-state index >= 15 is 0 Å². The summed E-state index contributed by atoms with van der Waals surface area (Å²) in [7, 11) is -2.24. The molecular weight excluding hydrogens is 304 g/mol. The Bertz CT molecular complexity index is 636. The molecule has 1 aliphatic rings. The lowest BCUT2D eigenvalue weighted by Gasteiger charge is -2.20. The predicted octanol–water partition coefficient (Wildman–Crippen LogP) is 1.15. The Morgan fingerprint density at radius 1 is 1.41 bits per heavy atom. The second kappa shape index (κ2) is 6.93. The van der Waals surface area contributed by atoms with Gasteiger partial charge in [-0.1, -0.05) is 6.08 Å². The largest absolute Gasteiger partial charge is 0.497 e. The molecule has 2 rings (SSSR count). The number of benzene rings is 1. The number of sulfonamides is 1. The molecule has 0 radical (unpaired) electrons. The van der Waals surface area contributed by atoms with Crippen LogP contribution in [0.1, 0.15) is 12.8 Å². The number of nitrogens with one attached hydrogen (secondary N) is 1. The van der Waals surface area contributed by atoms with Gasteiger partial charge in [-0.05, 0) is 37.1 Å². The molecule has 120 valence electrons. The fraction of sp³-hybridized carbons (Fsp3) is 0.400. The first-order chi connectivity index (χ1) is 10.5. The van der Waals surface area contributed by atoms with E-state index in [0.717, 1.165) is 17.1 Å². The van der Waals surface area contributed by atoms with Crippen LogP contribution in [0, 0.1) is 0 Å². The quantitative estimate of drug-likeness (QED) is 0.728. The molecule has 0 unspecified atom stereocenters. The van der Waals surface area contributed by atoms with Gasteiger partial charge in [-0.3, -0.25) is 4.79 Å². The van der Waals surface area contributed by atoms with Gasteiger partial charge < -0.3 is 10.1 Å². The monoisotopic (exact) mass is 324 g/mol. The molecule has 0 aliphatic heterocycles. The Morgan fingerprint density at radius 3 is 2.55 bits per heavy atom. The van der Waals surface area contributed by atoms with E-state index in [4.69, 9.17) is 4.74 Å². The lowest BCUT2D eigenvalue weighted by Crippen LogP contribution is -2.41. The summed E-state index contributed by atoms with van der Waals surface area (Å²) in [6.07, 6.45) is 3.38. The number of nitrogens with zero attached hydrogens (tertiary/aromatic N) is 1. The highest BCUT2D eigenvalue weighted by Crippen LogP contribution is 2.21. The topological polar surface area (TPSA) is 75.7 Å². The van der Waals surface area contributed by atoms with Gasteiger partial charge in [0.15, 0.2) is 0 Å². The third kappa shape index (κ3) is 4.08. The summed E-state index contributed by atoms with van der Waals surface area (Å²) in [5, 5.41) is 2.79. The fourth-order valence-electron chi connectivity index (χ4n) is 1.95. The molecule has 0 atom stereocenters. The van der Waals surface area contributed by atoms with E-state index in [1.165, 1.54) is 25.3 Å². The van der Waals surface area contributed by atoms with Crippen LogP contribution in [0.15, 0.2) is 41.8 Å². The van der Waals surface area contributed by atoms with Crippen LogP contribution in [0.4, 0.5) is 0 Å². The molecule has 0 heterocycles. The van der Waals surface area contributed by atoms with Crippen LogP contribution in [0.25, 0.3) is 0 Å². The Balaban J connectivity index is 2.15. The van der Waals surface area contributed by atoms with Crippen LogP contribution in [0.3, 0.4) is 0 Å². The SMILES string of the molecule is C=CCN(CC(=O)NC1CC1)S(=O)(=O)c1ccc(OC)cc1. The Kier molecular flexibility index (Phi) is 5.20. The van der Waals surface area contributed by atoms with Gasteiger partial charge in [0.05, 0.1) is 18.6 Å². The van der Waals surface area contributed by atoms with Gasteiger partial charge in [0.2, 0.25) is 15.9 Å². The number of rotatable bonds is 8. The van der Waals surface area contributed by atoms with Crippen molar-refractivity contribution in [2.24, 2.45) is 0 Å². The molecule has 1 amide bonds. The molecular formula is C15H20N2O4S. The maximum Gasteiger partial charge on any atom is 0.243 e. The average Bonchev–Trinajstić information content (AvgIpc) is 3.30. The minimum absolute atomic E-state index is 0.0758. The summed E-state index contributed by atoms with van der Waals surface area (Å²) < 4.78 is 31.4. The van der Waals surface area contributed by atoms with Gasteiger partial charge in [0.25, 0.3) is 0 Å². The number of carbonyl (C=O) groups is 1. The molecule has 0 bridgehead atoms. The van der Waals surface area contributed by atoms with Gasteiger partial charge in [-0.15, -0.1) is 6.58 Å². The van der Waals surface area contributed by atoms with Crippen molar-refractivity contribution in [2.45, 2.75) is 23.8 Å². The molecule has 6 nitrogen and oxygen atoms in total. The van der Waals surface area contributed by atoms with Crippen LogP contribution in [-0.4, -0.2) is 44.9 Å². The van der Waals surface area contributed by atoms with Crippen LogP contribution < -0.4 is 10.1 Å². The number of ether oxygens (including phenoxy) is 1. The molecule has 0 spiro atoms. The predicted molar refractivity (Wildman–Crippen MR) is 83.1 cm³/mol. The second-order valence-electron chi connectivity index (χ2n) is 5.10. The maximum atomic E-state index is 12.6. The van der Waals surface area contributed by atoms with Crippen LogP contribution in [0.5, 0.6) is 5.75 Å². The number of carbonyl (C=O) groups excluding carboxylic acids is 1. The minimum atomic E-state index is -3.75. The molecule has 1 saturated carbocycles. The lowest BCUT2D eigenvalue weighted by molar-refractivity contribution is -0.121. The van der Waals surface area contributed by atoms with Crippen molar-refractivity contribution in [3.8, 4) is 5.75 Å². The molecule has 0 saturated heterocycles. The van der Waals surface area contributed by atoms with Crippen molar-refractivity contribution in [3.05, 3.63) is 36.9 Å². The van der Waals surface area contributed by atoms with E-state index in [0.29, 0.717) is 5.75 Å². The lowest BCUT2D eigenvalue weighted by atomic mass is 10.3. The zero-order valence-electron chi connectivity index (χ0n) is 12.5. The summed E-state index contributed by atoms with van der Waals surface area (Å²) in [6, 6.07) is 6.26. The third-order valence-electron chi connectivity index (χ3n) is 3.29.